The highest BCUT2D eigenvalue weighted by molar-refractivity contribution is 9.10. The molecule has 2 rings (SSSR count). The fourth-order valence-electron chi connectivity index (χ4n) is 2.04. The van der Waals surface area contributed by atoms with Crippen LogP contribution in [0.5, 0.6) is 5.75 Å². The van der Waals surface area contributed by atoms with Gasteiger partial charge < -0.3 is 14.4 Å². The fraction of sp³-hybridized carbons (Fsp3) is 0.400. The minimum absolute atomic E-state index is 0.345. The highest BCUT2D eigenvalue weighted by atomic mass is 79.9. The first kappa shape index (κ1) is 15.1. The number of aliphatic hydroxyl groups excluding tert-OH is 1. The first-order chi connectivity index (χ1) is 9.49. The second-order valence-corrected chi connectivity index (χ2v) is 5.95. The van der Waals surface area contributed by atoms with Gasteiger partial charge in [-0.3, -0.25) is 0 Å². The van der Waals surface area contributed by atoms with Gasteiger partial charge in [-0.05, 0) is 39.0 Å². The molecular weight excluding hydrogens is 320 g/mol. The van der Waals surface area contributed by atoms with E-state index in [2.05, 4.69) is 39.3 Å². The molecule has 0 aliphatic carbocycles. The van der Waals surface area contributed by atoms with Gasteiger partial charge in [0.05, 0.1) is 24.3 Å². The van der Waals surface area contributed by atoms with Crippen LogP contribution in [0, 0.1) is 0 Å². The summed E-state index contributed by atoms with van der Waals surface area (Å²) in [5, 5.41) is 9.81. The molecule has 2 aromatic rings. The lowest BCUT2D eigenvalue weighted by atomic mass is 10.1. The van der Waals surface area contributed by atoms with Crippen molar-refractivity contribution in [3.05, 3.63) is 46.5 Å². The van der Waals surface area contributed by atoms with Gasteiger partial charge in [-0.1, -0.05) is 15.9 Å². The Bertz CT molecular complexity index is 579. The summed E-state index contributed by atoms with van der Waals surface area (Å²) in [6, 6.07) is 5.99. The van der Waals surface area contributed by atoms with Crippen molar-refractivity contribution >= 4 is 15.9 Å². The zero-order valence-electron chi connectivity index (χ0n) is 11.9. The molecular formula is C15H19BrN2O2. The molecule has 4 nitrogen and oxygen atoms in total. The molecule has 1 aromatic carbocycles. The third-order valence-corrected chi connectivity index (χ3v) is 3.59. The number of halogens is 1. The maximum absolute atomic E-state index is 9.81. The Morgan fingerprint density at radius 3 is 2.75 bits per heavy atom. The molecule has 0 amide bonds. The van der Waals surface area contributed by atoms with Crippen molar-refractivity contribution in [1.29, 1.82) is 0 Å². The smallest absolute Gasteiger partial charge is 0.130 e. The van der Waals surface area contributed by atoms with E-state index < -0.39 is 6.10 Å². The molecule has 0 unspecified atom stereocenters. The van der Waals surface area contributed by atoms with Crippen LogP contribution >= 0.6 is 15.9 Å². The predicted molar refractivity (Wildman–Crippen MR) is 81.7 cm³/mol. The van der Waals surface area contributed by atoms with Crippen molar-refractivity contribution < 1.29 is 9.84 Å². The minimum Gasteiger partial charge on any atom is -0.487 e. The number of nitrogens with zero attached hydrogens (tertiary/aromatic N) is 2. The fourth-order valence-corrected chi connectivity index (χ4v) is 2.42. The van der Waals surface area contributed by atoms with Gasteiger partial charge in [-0.15, -0.1) is 0 Å². The largest absolute Gasteiger partial charge is 0.487 e. The summed E-state index contributed by atoms with van der Waals surface area (Å²) >= 11 is 3.40. The molecule has 108 valence electrons. The summed E-state index contributed by atoms with van der Waals surface area (Å²) in [6.45, 7) is 6.37. The van der Waals surface area contributed by atoms with Crippen LogP contribution in [0.2, 0.25) is 0 Å². The summed E-state index contributed by atoms with van der Waals surface area (Å²) < 4.78 is 8.84. The second kappa shape index (κ2) is 6.41. The summed E-state index contributed by atoms with van der Waals surface area (Å²) in [4.78, 5) is 4.15. The normalized spacial score (nSPS) is 12.7. The van der Waals surface area contributed by atoms with Crippen LogP contribution in [-0.2, 0) is 6.61 Å². The summed E-state index contributed by atoms with van der Waals surface area (Å²) in [5.41, 5.74) is 1.79. The van der Waals surface area contributed by atoms with Crippen LogP contribution < -0.4 is 4.74 Å². The Balaban J connectivity index is 2.17. The van der Waals surface area contributed by atoms with Crippen LogP contribution in [0.4, 0.5) is 0 Å². The lowest BCUT2D eigenvalue weighted by molar-refractivity contribution is 0.189. The SMILES string of the molecule is CC(C)n1cncc1COc1ccc(Br)cc1[C@H](C)O. The van der Waals surface area contributed by atoms with E-state index in [9.17, 15) is 5.11 Å². The van der Waals surface area contributed by atoms with Crippen LogP contribution in [0.1, 0.15) is 44.2 Å². The van der Waals surface area contributed by atoms with E-state index in [0.29, 0.717) is 18.4 Å². The topological polar surface area (TPSA) is 47.3 Å². The Morgan fingerprint density at radius 1 is 1.35 bits per heavy atom. The molecule has 0 aliphatic heterocycles. The van der Waals surface area contributed by atoms with Crippen LogP contribution in [0.3, 0.4) is 0 Å². The molecule has 0 spiro atoms. The van der Waals surface area contributed by atoms with E-state index in [4.69, 9.17) is 4.74 Å². The molecule has 0 radical (unpaired) electrons. The van der Waals surface area contributed by atoms with E-state index in [1.807, 2.05) is 18.2 Å². The van der Waals surface area contributed by atoms with E-state index in [-0.39, 0.29) is 0 Å². The number of ether oxygens (including phenoxy) is 1. The molecule has 1 atom stereocenters. The minimum atomic E-state index is -0.572. The molecule has 1 N–H and O–H groups in total. The van der Waals surface area contributed by atoms with Crippen molar-refractivity contribution in [3.8, 4) is 5.75 Å². The Kier molecular flexibility index (Phi) is 4.83. The lowest BCUT2D eigenvalue weighted by Crippen LogP contribution is -2.08. The highest BCUT2D eigenvalue weighted by Crippen LogP contribution is 2.29. The monoisotopic (exact) mass is 338 g/mol. The van der Waals surface area contributed by atoms with E-state index in [1.54, 1.807) is 19.4 Å². The van der Waals surface area contributed by atoms with Gasteiger partial charge in [0, 0.05) is 16.1 Å². The molecule has 1 aromatic heterocycles. The standard InChI is InChI=1S/C15H19BrN2O2/c1-10(2)18-9-17-7-13(18)8-20-15-5-4-12(16)6-14(15)11(3)19/h4-7,9-11,19H,8H2,1-3H3/t11-/m0/s1. The van der Waals surface area contributed by atoms with Gasteiger partial charge in [0.15, 0.2) is 0 Å². The molecule has 0 aliphatic rings. The molecule has 1 heterocycles. The summed E-state index contributed by atoms with van der Waals surface area (Å²) in [6.07, 6.45) is 3.04. The Morgan fingerprint density at radius 2 is 2.10 bits per heavy atom. The number of imidazole rings is 1. The zero-order chi connectivity index (χ0) is 14.7. The maximum Gasteiger partial charge on any atom is 0.130 e. The molecule has 0 fully saturated rings. The number of benzene rings is 1. The van der Waals surface area contributed by atoms with Gasteiger partial charge in [0.1, 0.15) is 12.4 Å². The van der Waals surface area contributed by atoms with Crippen molar-refractivity contribution in [2.24, 2.45) is 0 Å². The molecule has 0 saturated heterocycles. The summed E-state index contributed by atoms with van der Waals surface area (Å²) in [5.74, 6) is 0.694. The third-order valence-electron chi connectivity index (χ3n) is 3.10. The van der Waals surface area contributed by atoms with Crippen molar-refractivity contribution in [3.63, 3.8) is 0 Å². The van der Waals surface area contributed by atoms with Gasteiger partial charge in [-0.25, -0.2) is 4.98 Å². The van der Waals surface area contributed by atoms with Gasteiger partial charge >= 0.3 is 0 Å². The second-order valence-electron chi connectivity index (χ2n) is 5.03. The number of hydrogen-bond donors (Lipinski definition) is 1. The van der Waals surface area contributed by atoms with Crippen LogP contribution in [0.25, 0.3) is 0 Å². The summed E-state index contributed by atoms with van der Waals surface area (Å²) in [7, 11) is 0. The average molecular weight is 339 g/mol. The van der Waals surface area contributed by atoms with Crippen molar-refractivity contribution in [1.82, 2.24) is 9.55 Å². The van der Waals surface area contributed by atoms with E-state index in [1.165, 1.54) is 0 Å². The Labute approximate surface area is 127 Å². The maximum atomic E-state index is 9.81. The van der Waals surface area contributed by atoms with Gasteiger partial charge in [0.2, 0.25) is 0 Å². The van der Waals surface area contributed by atoms with E-state index in [0.717, 1.165) is 15.7 Å². The lowest BCUT2D eigenvalue weighted by Gasteiger charge is -2.16. The first-order valence-corrected chi connectivity index (χ1v) is 7.39. The van der Waals surface area contributed by atoms with Gasteiger partial charge in [0.25, 0.3) is 0 Å². The molecule has 5 heteroatoms. The molecule has 0 bridgehead atoms. The van der Waals surface area contributed by atoms with Crippen molar-refractivity contribution in [2.45, 2.75) is 39.5 Å². The van der Waals surface area contributed by atoms with Crippen molar-refractivity contribution in [2.75, 3.05) is 0 Å². The Hall–Kier alpha value is -1.33. The number of hydrogen-bond acceptors (Lipinski definition) is 3. The first-order valence-electron chi connectivity index (χ1n) is 6.60. The molecule has 0 saturated carbocycles. The number of aromatic nitrogens is 2. The average Bonchev–Trinajstić information content (AvgIpc) is 2.85. The number of aliphatic hydroxyl groups is 1. The number of rotatable bonds is 5. The third kappa shape index (κ3) is 3.41. The van der Waals surface area contributed by atoms with Crippen LogP contribution in [0.15, 0.2) is 35.2 Å². The predicted octanol–water partition coefficient (Wildman–Crippen LogP) is 3.86. The van der Waals surface area contributed by atoms with E-state index >= 15 is 0 Å². The quantitative estimate of drug-likeness (QED) is 0.900. The zero-order valence-corrected chi connectivity index (χ0v) is 13.5. The molecule has 20 heavy (non-hydrogen) atoms. The van der Waals surface area contributed by atoms with Crippen LogP contribution in [-0.4, -0.2) is 14.7 Å². The highest BCUT2D eigenvalue weighted by Gasteiger charge is 2.12. The van der Waals surface area contributed by atoms with Gasteiger partial charge in [-0.2, -0.15) is 0 Å².